The summed E-state index contributed by atoms with van der Waals surface area (Å²) in [7, 11) is 4.91. The number of aromatic nitrogens is 6. The van der Waals surface area contributed by atoms with Gasteiger partial charge in [-0.1, -0.05) is 30.3 Å². The minimum Gasteiger partial charge on any atom is -0.497 e. The van der Waals surface area contributed by atoms with Gasteiger partial charge < -0.3 is 14.8 Å². The number of aryl methyl sites for hydroxylation is 1. The fourth-order valence-corrected chi connectivity index (χ4v) is 3.85. The normalized spacial score (nSPS) is 10.8. The lowest BCUT2D eigenvalue weighted by atomic mass is 10.1. The molecule has 0 saturated carbocycles. The molecule has 5 aromatic rings. The minimum atomic E-state index is -0.321. The van der Waals surface area contributed by atoms with E-state index < -0.39 is 0 Å². The predicted octanol–water partition coefficient (Wildman–Crippen LogP) is 4.00. The molecule has 0 fully saturated rings. The number of rotatable bonds is 7. The highest BCUT2D eigenvalue weighted by Gasteiger charge is 2.22. The molecule has 0 saturated heterocycles. The van der Waals surface area contributed by atoms with E-state index in [2.05, 4.69) is 20.8 Å². The fourth-order valence-electron chi connectivity index (χ4n) is 3.85. The number of tetrazole rings is 1. The third kappa shape index (κ3) is 4.39. The van der Waals surface area contributed by atoms with E-state index in [-0.39, 0.29) is 5.91 Å². The lowest BCUT2D eigenvalue weighted by Crippen LogP contribution is -2.12. The van der Waals surface area contributed by atoms with Gasteiger partial charge in [-0.15, -0.1) is 5.10 Å². The smallest absolute Gasteiger partial charge is 0.259 e. The van der Waals surface area contributed by atoms with Crippen molar-refractivity contribution in [3.8, 4) is 39.8 Å². The van der Waals surface area contributed by atoms with Gasteiger partial charge >= 0.3 is 0 Å². The van der Waals surface area contributed by atoms with E-state index in [0.717, 1.165) is 11.3 Å². The van der Waals surface area contributed by atoms with E-state index >= 15 is 0 Å². The Hall–Kier alpha value is -4.99. The Morgan fingerprint density at radius 2 is 1.78 bits per heavy atom. The molecular formula is C26H23N7O3. The summed E-state index contributed by atoms with van der Waals surface area (Å²) in [5.41, 5.74) is 3.72. The zero-order valence-corrected chi connectivity index (χ0v) is 19.9. The maximum Gasteiger partial charge on any atom is 0.259 e. The number of nitrogens with one attached hydrogen (secondary N) is 1. The highest BCUT2D eigenvalue weighted by atomic mass is 16.5. The lowest BCUT2D eigenvalue weighted by molar-refractivity contribution is 0.102. The summed E-state index contributed by atoms with van der Waals surface area (Å²) < 4.78 is 14.2. The highest BCUT2D eigenvalue weighted by Crippen LogP contribution is 2.35. The summed E-state index contributed by atoms with van der Waals surface area (Å²) in [4.78, 5) is 13.6. The number of carbonyl (C=O) groups is 1. The van der Waals surface area contributed by atoms with E-state index in [9.17, 15) is 4.79 Å². The Kier molecular flexibility index (Phi) is 6.14. The zero-order chi connectivity index (χ0) is 25.1. The Morgan fingerprint density at radius 1 is 0.944 bits per heavy atom. The number of hydrogen-bond donors (Lipinski definition) is 1. The molecule has 10 nitrogen and oxygen atoms in total. The molecule has 0 unspecified atom stereocenters. The van der Waals surface area contributed by atoms with Crippen molar-refractivity contribution in [2.24, 2.45) is 7.05 Å². The number of para-hydroxylation sites is 1. The van der Waals surface area contributed by atoms with E-state index in [1.54, 1.807) is 55.0 Å². The largest absolute Gasteiger partial charge is 0.497 e. The summed E-state index contributed by atoms with van der Waals surface area (Å²) in [5.74, 6) is 1.45. The van der Waals surface area contributed by atoms with Gasteiger partial charge in [0.2, 0.25) is 0 Å². The van der Waals surface area contributed by atoms with Crippen LogP contribution in [0.5, 0.6) is 11.5 Å². The molecule has 1 amide bonds. The van der Waals surface area contributed by atoms with Crippen LogP contribution in [0, 0.1) is 0 Å². The second kappa shape index (κ2) is 9.71. The van der Waals surface area contributed by atoms with Crippen LogP contribution in [0.25, 0.3) is 28.3 Å². The molecule has 0 atom stereocenters. The van der Waals surface area contributed by atoms with Crippen LogP contribution < -0.4 is 14.8 Å². The van der Waals surface area contributed by atoms with E-state index in [4.69, 9.17) is 14.6 Å². The summed E-state index contributed by atoms with van der Waals surface area (Å²) >= 11 is 0. The monoisotopic (exact) mass is 481 g/mol. The van der Waals surface area contributed by atoms with Crippen molar-refractivity contribution in [1.82, 2.24) is 30.0 Å². The van der Waals surface area contributed by atoms with Crippen LogP contribution in [0.4, 0.5) is 5.69 Å². The molecule has 36 heavy (non-hydrogen) atoms. The summed E-state index contributed by atoms with van der Waals surface area (Å²) in [6.45, 7) is 0. The molecule has 0 aliphatic heterocycles. The maximum atomic E-state index is 13.6. The van der Waals surface area contributed by atoms with Crippen molar-refractivity contribution in [3.63, 3.8) is 0 Å². The van der Waals surface area contributed by atoms with Gasteiger partial charge in [0, 0.05) is 36.1 Å². The van der Waals surface area contributed by atoms with Crippen LogP contribution in [0.2, 0.25) is 0 Å². The third-order valence-corrected chi connectivity index (χ3v) is 5.64. The summed E-state index contributed by atoms with van der Waals surface area (Å²) in [6.07, 6.45) is 1.71. The number of anilines is 1. The molecule has 0 radical (unpaired) electrons. The van der Waals surface area contributed by atoms with Crippen LogP contribution in [0.1, 0.15) is 10.4 Å². The number of benzene rings is 3. The first-order valence-corrected chi connectivity index (χ1v) is 11.1. The Labute approximate surface area is 207 Å². The topological polar surface area (TPSA) is 109 Å². The SMILES string of the molecule is COc1ccc(-c2nn(-c3ccccc3)cc2C(=O)Nc2cccc(-c3nnnn3C)c2)c(OC)c1. The first-order valence-electron chi connectivity index (χ1n) is 11.1. The zero-order valence-electron chi connectivity index (χ0n) is 19.9. The molecule has 1 N–H and O–H groups in total. The molecule has 10 heteroatoms. The van der Waals surface area contributed by atoms with Gasteiger partial charge in [-0.3, -0.25) is 4.79 Å². The van der Waals surface area contributed by atoms with Gasteiger partial charge in [-0.2, -0.15) is 5.10 Å². The van der Waals surface area contributed by atoms with Gasteiger partial charge in [-0.25, -0.2) is 9.36 Å². The number of nitrogens with zero attached hydrogens (tertiary/aromatic N) is 6. The van der Waals surface area contributed by atoms with Crippen molar-refractivity contribution in [2.75, 3.05) is 19.5 Å². The van der Waals surface area contributed by atoms with E-state index in [1.807, 2.05) is 54.6 Å². The van der Waals surface area contributed by atoms with Crippen molar-refractivity contribution in [1.29, 1.82) is 0 Å². The van der Waals surface area contributed by atoms with Gasteiger partial charge in [0.05, 0.1) is 25.5 Å². The first-order chi connectivity index (χ1) is 17.6. The van der Waals surface area contributed by atoms with Crippen LogP contribution in [-0.4, -0.2) is 50.1 Å². The molecule has 0 aliphatic rings. The second-order valence-corrected chi connectivity index (χ2v) is 7.90. The summed E-state index contributed by atoms with van der Waals surface area (Å²) in [5, 5.41) is 19.3. The average molecular weight is 482 g/mol. The standard InChI is InChI=1S/C26H23N7O3/c1-32-25(28-30-31-32)17-8-7-9-18(14-17)27-26(34)22-16-33(19-10-5-4-6-11-19)29-24(22)21-13-12-20(35-2)15-23(21)36-3/h4-16H,1-3H3,(H,27,34). The molecule has 0 spiro atoms. The average Bonchev–Trinajstić information content (AvgIpc) is 3.55. The van der Waals surface area contributed by atoms with Crippen molar-refractivity contribution >= 4 is 11.6 Å². The quantitative estimate of drug-likeness (QED) is 0.374. The van der Waals surface area contributed by atoms with Crippen LogP contribution in [-0.2, 0) is 7.05 Å². The lowest BCUT2D eigenvalue weighted by Gasteiger charge is -2.11. The van der Waals surface area contributed by atoms with Crippen LogP contribution in [0.15, 0.2) is 79.0 Å². The third-order valence-electron chi connectivity index (χ3n) is 5.64. The Bertz CT molecular complexity index is 1530. The number of hydrogen-bond acceptors (Lipinski definition) is 7. The number of ether oxygens (including phenoxy) is 2. The number of amides is 1. The molecular weight excluding hydrogens is 458 g/mol. The van der Waals surface area contributed by atoms with Crippen molar-refractivity contribution in [3.05, 3.63) is 84.6 Å². The molecule has 3 aromatic carbocycles. The van der Waals surface area contributed by atoms with Crippen LogP contribution >= 0.6 is 0 Å². The summed E-state index contributed by atoms with van der Waals surface area (Å²) in [6, 6.07) is 22.3. The van der Waals surface area contributed by atoms with Gasteiger partial charge in [0.1, 0.15) is 17.2 Å². The van der Waals surface area contributed by atoms with E-state index in [0.29, 0.717) is 39.8 Å². The number of methoxy groups -OCH3 is 2. The Morgan fingerprint density at radius 3 is 2.50 bits per heavy atom. The van der Waals surface area contributed by atoms with Gasteiger partial charge in [-0.05, 0) is 46.8 Å². The molecule has 180 valence electrons. The van der Waals surface area contributed by atoms with Gasteiger partial charge in [0.15, 0.2) is 5.82 Å². The van der Waals surface area contributed by atoms with E-state index in [1.165, 1.54) is 0 Å². The highest BCUT2D eigenvalue weighted by molar-refractivity contribution is 6.08. The molecule has 2 aromatic heterocycles. The molecule has 2 heterocycles. The fraction of sp³-hybridized carbons (Fsp3) is 0.115. The molecule has 0 bridgehead atoms. The Balaban J connectivity index is 1.56. The van der Waals surface area contributed by atoms with Crippen molar-refractivity contribution in [2.45, 2.75) is 0 Å². The maximum absolute atomic E-state index is 13.6. The number of carbonyl (C=O) groups excluding carboxylic acids is 1. The minimum absolute atomic E-state index is 0.321. The predicted molar refractivity (Wildman–Crippen MR) is 134 cm³/mol. The first kappa shape index (κ1) is 22.8. The van der Waals surface area contributed by atoms with Crippen molar-refractivity contribution < 1.29 is 14.3 Å². The molecule has 5 rings (SSSR count). The van der Waals surface area contributed by atoms with Crippen LogP contribution in [0.3, 0.4) is 0 Å². The second-order valence-electron chi connectivity index (χ2n) is 7.90. The molecule has 0 aliphatic carbocycles. The van der Waals surface area contributed by atoms with Gasteiger partial charge in [0.25, 0.3) is 5.91 Å².